The zero-order valence-electron chi connectivity index (χ0n) is 9.18. The monoisotopic (exact) mass is 251 g/mol. The second-order valence-electron chi connectivity index (χ2n) is 3.23. The molecule has 0 aliphatic rings. The molecule has 0 amide bonds. The molecule has 0 bridgehead atoms. The summed E-state index contributed by atoms with van der Waals surface area (Å²) in [5.74, 6) is 0.454. The standard InChI is InChI=1S/C8H14FN3O3S/c1-3-4-7-10-11-8(16(9,13)14)12(7)5-6-15-2/h3-6H2,1-2H3. The van der Waals surface area contributed by atoms with Gasteiger partial charge in [0.2, 0.25) is 0 Å². The highest BCUT2D eigenvalue weighted by Crippen LogP contribution is 2.12. The SMILES string of the molecule is CCCc1nnc(S(=O)(=O)F)n1CCOC. The molecule has 92 valence electrons. The van der Waals surface area contributed by atoms with Crippen molar-refractivity contribution >= 4 is 10.2 Å². The summed E-state index contributed by atoms with van der Waals surface area (Å²) in [5.41, 5.74) is 0. The van der Waals surface area contributed by atoms with Crippen molar-refractivity contribution in [3.63, 3.8) is 0 Å². The molecule has 0 saturated heterocycles. The second-order valence-corrected chi connectivity index (χ2v) is 4.47. The first-order valence-corrected chi connectivity index (χ1v) is 6.24. The number of rotatable bonds is 6. The maximum absolute atomic E-state index is 12.9. The van der Waals surface area contributed by atoms with E-state index in [9.17, 15) is 12.3 Å². The smallest absolute Gasteiger partial charge is 0.368 e. The molecule has 0 aliphatic carbocycles. The van der Waals surface area contributed by atoms with Crippen molar-refractivity contribution in [2.24, 2.45) is 0 Å². The summed E-state index contributed by atoms with van der Waals surface area (Å²) in [6.07, 6.45) is 1.32. The third kappa shape index (κ3) is 2.99. The van der Waals surface area contributed by atoms with E-state index in [-0.39, 0.29) is 13.2 Å². The summed E-state index contributed by atoms with van der Waals surface area (Å²) in [5, 5.41) is 6.37. The Balaban J connectivity index is 3.09. The molecular formula is C8H14FN3O3S. The molecule has 6 nitrogen and oxygen atoms in total. The number of aromatic nitrogens is 3. The van der Waals surface area contributed by atoms with Crippen molar-refractivity contribution < 1.29 is 17.0 Å². The van der Waals surface area contributed by atoms with Gasteiger partial charge in [0.1, 0.15) is 5.82 Å². The fourth-order valence-electron chi connectivity index (χ4n) is 1.32. The van der Waals surface area contributed by atoms with Gasteiger partial charge in [-0.05, 0) is 6.42 Å². The predicted octanol–water partition coefficient (Wildman–Crippen LogP) is 0.535. The van der Waals surface area contributed by atoms with Crippen LogP contribution in [0.4, 0.5) is 3.89 Å². The molecule has 0 radical (unpaired) electrons. The van der Waals surface area contributed by atoms with Gasteiger partial charge in [-0.1, -0.05) is 10.8 Å². The normalized spacial score (nSPS) is 11.9. The van der Waals surface area contributed by atoms with Crippen molar-refractivity contribution in [1.29, 1.82) is 0 Å². The Labute approximate surface area is 93.6 Å². The average Bonchev–Trinajstić information content (AvgIpc) is 2.58. The van der Waals surface area contributed by atoms with E-state index in [0.29, 0.717) is 12.2 Å². The molecule has 8 heteroatoms. The first kappa shape index (κ1) is 13.0. The minimum Gasteiger partial charge on any atom is -0.383 e. The van der Waals surface area contributed by atoms with E-state index in [2.05, 4.69) is 10.2 Å². The summed E-state index contributed by atoms with van der Waals surface area (Å²) in [4.78, 5) is 0. The largest absolute Gasteiger partial charge is 0.383 e. The zero-order chi connectivity index (χ0) is 12.2. The van der Waals surface area contributed by atoms with E-state index in [1.807, 2.05) is 6.92 Å². The van der Waals surface area contributed by atoms with Gasteiger partial charge in [0.15, 0.2) is 0 Å². The molecule has 0 saturated carbocycles. The van der Waals surface area contributed by atoms with Gasteiger partial charge in [0.25, 0.3) is 5.16 Å². The van der Waals surface area contributed by atoms with Crippen molar-refractivity contribution in [3.05, 3.63) is 5.82 Å². The van der Waals surface area contributed by atoms with Crippen molar-refractivity contribution in [2.75, 3.05) is 13.7 Å². The quantitative estimate of drug-likeness (QED) is 0.690. The number of aryl methyl sites for hydroxylation is 1. The lowest BCUT2D eigenvalue weighted by atomic mass is 10.3. The Hall–Kier alpha value is -1.02. The maximum Gasteiger partial charge on any atom is 0.368 e. The number of halogens is 1. The second kappa shape index (κ2) is 5.35. The molecule has 0 N–H and O–H groups in total. The van der Waals surface area contributed by atoms with Gasteiger partial charge < -0.3 is 4.74 Å². The topological polar surface area (TPSA) is 74.1 Å². The third-order valence-electron chi connectivity index (χ3n) is 2.00. The Bertz CT molecular complexity index is 443. The van der Waals surface area contributed by atoms with Gasteiger partial charge >= 0.3 is 10.2 Å². The molecule has 0 unspecified atom stereocenters. The van der Waals surface area contributed by atoms with Crippen LogP contribution in [0.25, 0.3) is 0 Å². The lowest BCUT2D eigenvalue weighted by Crippen LogP contribution is -2.13. The Kier molecular flexibility index (Phi) is 4.36. The Morgan fingerprint density at radius 1 is 1.44 bits per heavy atom. The predicted molar refractivity (Wildman–Crippen MR) is 54.2 cm³/mol. The Morgan fingerprint density at radius 2 is 2.12 bits per heavy atom. The molecule has 0 atom stereocenters. The summed E-state index contributed by atoms with van der Waals surface area (Å²) in [6, 6.07) is 0. The molecular weight excluding hydrogens is 237 g/mol. The molecule has 0 fully saturated rings. The summed E-state index contributed by atoms with van der Waals surface area (Å²) >= 11 is 0. The van der Waals surface area contributed by atoms with E-state index in [1.165, 1.54) is 11.7 Å². The summed E-state index contributed by atoms with van der Waals surface area (Å²) in [6.45, 7) is 2.41. The fourth-order valence-corrected chi connectivity index (χ4v) is 1.91. The van der Waals surface area contributed by atoms with Gasteiger partial charge in [-0.15, -0.1) is 10.2 Å². The van der Waals surface area contributed by atoms with Crippen LogP contribution in [0.3, 0.4) is 0 Å². The minimum absolute atomic E-state index is 0.220. The van der Waals surface area contributed by atoms with Crippen LogP contribution in [0, 0.1) is 0 Å². The number of nitrogens with zero attached hydrogens (tertiary/aromatic N) is 3. The highest BCUT2D eigenvalue weighted by atomic mass is 32.3. The van der Waals surface area contributed by atoms with Crippen molar-refractivity contribution in [1.82, 2.24) is 14.8 Å². The number of ether oxygens (including phenoxy) is 1. The first-order valence-electron chi connectivity index (χ1n) is 4.86. The lowest BCUT2D eigenvalue weighted by molar-refractivity contribution is 0.183. The van der Waals surface area contributed by atoms with Gasteiger partial charge in [-0.2, -0.15) is 8.42 Å². The molecule has 1 rings (SSSR count). The summed E-state index contributed by atoms with van der Waals surface area (Å²) < 4.78 is 40.5. The van der Waals surface area contributed by atoms with Crippen LogP contribution in [-0.4, -0.2) is 36.9 Å². The highest BCUT2D eigenvalue weighted by molar-refractivity contribution is 7.86. The van der Waals surface area contributed by atoms with Crippen molar-refractivity contribution in [3.8, 4) is 0 Å². The van der Waals surface area contributed by atoms with Crippen LogP contribution in [0.15, 0.2) is 5.16 Å². The molecule has 16 heavy (non-hydrogen) atoms. The minimum atomic E-state index is -4.83. The van der Waals surface area contributed by atoms with E-state index in [4.69, 9.17) is 4.74 Å². The van der Waals surface area contributed by atoms with Gasteiger partial charge in [0.05, 0.1) is 13.2 Å². The van der Waals surface area contributed by atoms with Crippen molar-refractivity contribution in [2.45, 2.75) is 31.5 Å². The van der Waals surface area contributed by atoms with Crippen LogP contribution in [0.2, 0.25) is 0 Å². The van der Waals surface area contributed by atoms with E-state index in [1.54, 1.807) is 0 Å². The van der Waals surface area contributed by atoms with Crippen LogP contribution in [0.1, 0.15) is 19.2 Å². The fraction of sp³-hybridized carbons (Fsp3) is 0.750. The maximum atomic E-state index is 12.9. The molecule has 0 aliphatic heterocycles. The molecule has 1 aromatic heterocycles. The van der Waals surface area contributed by atoms with Gasteiger partial charge in [0, 0.05) is 13.5 Å². The zero-order valence-corrected chi connectivity index (χ0v) is 10.00. The number of hydrogen-bond acceptors (Lipinski definition) is 5. The van der Waals surface area contributed by atoms with Gasteiger partial charge in [-0.25, -0.2) is 0 Å². The average molecular weight is 251 g/mol. The number of hydrogen-bond donors (Lipinski definition) is 0. The van der Waals surface area contributed by atoms with E-state index < -0.39 is 15.4 Å². The van der Waals surface area contributed by atoms with Gasteiger partial charge in [-0.3, -0.25) is 4.57 Å². The van der Waals surface area contributed by atoms with Crippen LogP contribution < -0.4 is 0 Å². The number of methoxy groups -OCH3 is 1. The third-order valence-corrected chi connectivity index (χ3v) is 2.74. The van der Waals surface area contributed by atoms with Crippen LogP contribution >= 0.6 is 0 Å². The molecule has 0 spiro atoms. The Morgan fingerprint density at radius 3 is 2.62 bits per heavy atom. The van der Waals surface area contributed by atoms with E-state index in [0.717, 1.165) is 6.42 Å². The molecule has 1 heterocycles. The molecule has 1 aromatic rings. The molecule has 0 aromatic carbocycles. The first-order chi connectivity index (χ1) is 7.50. The highest BCUT2D eigenvalue weighted by Gasteiger charge is 2.23. The van der Waals surface area contributed by atoms with E-state index >= 15 is 0 Å². The van der Waals surface area contributed by atoms with Crippen LogP contribution in [0.5, 0.6) is 0 Å². The lowest BCUT2D eigenvalue weighted by Gasteiger charge is -2.06. The van der Waals surface area contributed by atoms with Crippen LogP contribution in [-0.2, 0) is 27.9 Å². The summed E-state index contributed by atoms with van der Waals surface area (Å²) in [7, 11) is -3.35.